The zero-order valence-electron chi connectivity index (χ0n) is 12.7. The summed E-state index contributed by atoms with van der Waals surface area (Å²) >= 11 is 0. The molecule has 0 aliphatic heterocycles. The predicted molar refractivity (Wildman–Crippen MR) is 80.4 cm³/mol. The normalized spacial score (nSPS) is 14.2. The molecule has 1 aromatic carbocycles. The fourth-order valence-corrected chi connectivity index (χ4v) is 2.26. The number of rotatable bonds is 5. The molecule has 4 nitrogen and oxygen atoms in total. The molecule has 0 aromatic heterocycles. The largest absolute Gasteiger partial charge is 0.481 e. The van der Waals surface area contributed by atoms with Crippen LogP contribution in [0.15, 0.2) is 30.3 Å². The van der Waals surface area contributed by atoms with Gasteiger partial charge in [0, 0.05) is 6.42 Å². The second kappa shape index (κ2) is 9.11. The van der Waals surface area contributed by atoms with Gasteiger partial charge in [-0.25, -0.2) is 0 Å². The van der Waals surface area contributed by atoms with Crippen LogP contribution < -0.4 is 5.32 Å². The Balaban J connectivity index is 0.00000110. The number of nitriles is 1. The van der Waals surface area contributed by atoms with E-state index in [4.69, 9.17) is 5.11 Å². The van der Waals surface area contributed by atoms with E-state index >= 15 is 0 Å². The van der Waals surface area contributed by atoms with Crippen molar-refractivity contribution in [2.45, 2.75) is 32.1 Å². The Kier molecular flexibility index (Phi) is 8.26. The molecule has 0 aliphatic carbocycles. The van der Waals surface area contributed by atoms with Gasteiger partial charge in [0.1, 0.15) is 0 Å². The number of hydrogen-bond donors (Lipinski definition) is 2. The minimum absolute atomic E-state index is 0.0102. The van der Waals surface area contributed by atoms with Gasteiger partial charge in [-0.3, -0.25) is 4.79 Å². The maximum absolute atomic E-state index is 10.8. The minimum atomic E-state index is -0.860. The fourth-order valence-electron chi connectivity index (χ4n) is 2.26. The zero-order chi connectivity index (χ0) is 15.6. The molecule has 4 heteroatoms. The van der Waals surface area contributed by atoms with Gasteiger partial charge < -0.3 is 10.4 Å². The van der Waals surface area contributed by atoms with Crippen molar-refractivity contribution in [1.82, 2.24) is 5.32 Å². The van der Waals surface area contributed by atoms with Crippen LogP contribution in [0.4, 0.5) is 0 Å². The molecule has 1 aromatic rings. The first-order chi connectivity index (χ1) is 9.48. The summed E-state index contributed by atoms with van der Waals surface area (Å²) in [6.07, 6.45) is 0.623. The Bertz CT molecular complexity index is 440. The van der Waals surface area contributed by atoms with Crippen LogP contribution >= 0.6 is 0 Å². The van der Waals surface area contributed by atoms with E-state index in [2.05, 4.69) is 11.4 Å². The van der Waals surface area contributed by atoms with Gasteiger partial charge in [0.15, 0.2) is 0 Å². The summed E-state index contributed by atoms with van der Waals surface area (Å²) in [7, 11) is 3.75. The molecule has 1 rings (SSSR count). The summed E-state index contributed by atoms with van der Waals surface area (Å²) < 4.78 is 0. The maximum atomic E-state index is 10.8. The lowest BCUT2D eigenvalue weighted by molar-refractivity contribution is -0.138. The molecular formula is C16H24N2O2. The molecule has 20 heavy (non-hydrogen) atoms. The van der Waals surface area contributed by atoms with Crippen LogP contribution in [0, 0.1) is 17.2 Å². The molecule has 0 amide bonds. The smallest absolute Gasteiger partial charge is 0.303 e. The van der Waals surface area contributed by atoms with Gasteiger partial charge in [-0.2, -0.15) is 5.26 Å². The standard InChI is InChI=1S/C14H17NO2.C2H7N/c1-3-14(10-15,11(2)9-13(16)17)12-7-5-4-6-8-12;1-3-2/h4-8,11H,3,9H2,1-2H3,(H,16,17);3H,1-2H3. The number of nitrogens with one attached hydrogen (secondary N) is 1. The summed E-state index contributed by atoms with van der Waals surface area (Å²) in [6.45, 7) is 3.75. The molecule has 0 saturated heterocycles. The van der Waals surface area contributed by atoms with E-state index in [-0.39, 0.29) is 12.3 Å². The highest BCUT2D eigenvalue weighted by molar-refractivity contribution is 5.67. The Hall–Kier alpha value is -1.86. The first-order valence-corrected chi connectivity index (χ1v) is 6.75. The Morgan fingerprint density at radius 2 is 1.90 bits per heavy atom. The van der Waals surface area contributed by atoms with Crippen molar-refractivity contribution in [1.29, 1.82) is 5.26 Å². The number of aliphatic carboxylic acids is 1. The Labute approximate surface area is 121 Å². The van der Waals surface area contributed by atoms with Crippen LogP contribution in [-0.2, 0) is 10.2 Å². The van der Waals surface area contributed by atoms with Crippen LogP contribution in [-0.4, -0.2) is 25.2 Å². The third-order valence-corrected chi connectivity index (χ3v) is 3.37. The molecule has 0 spiro atoms. The Morgan fingerprint density at radius 1 is 1.40 bits per heavy atom. The highest BCUT2D eigenvalue weighted by Gasteiger charge is 2.37. The number of nitrogens with zero attached hydrogens (tertiary/aromatic N) is 1. The fraction of sp³-hybridized carbons (Fsp3) is 0.500. The zero-order valence-corrected chi connectivity index (χ0v) is 12.7. The van der Waals surface area contributed by atoms with E-state index in [1.54, 1.807) is 0 Å². The topological polar surface area (TPSA) is 73.1 Å². The average molecular weight is 276 g/mol. The molecule has 0 saturated carbocycles. The summed E-state index contributed by atoms with van der Waals surface area (Å²) in [5, 5.41) is 21.1. The quantitative estimate of drug-likeness (QED) is 0.867. The molecule has 0 bridgehead atoms. The van der Waals surface area contributed by atoms with E-state index in [9.17, 15) is 10.1 Å². The number of hydrogen-bond acceptors (Lipinski definition) is 3. The monoisotopic (exact) mass is 276 g/mol. The van der Waals surface area contributed by atoms with Gasteiger partial charge in [0.25, 0.3) is 0 Å². The lowest BCUT2D eigenvalue weighted by Crippen LogP contribution is -2.33. The molecule has 2 N–H and O–H groups in total. The van der Waals surface area contributed by atoms with Crippen molar-refractivity contribution in [3.63, 3.8) is 0 Å². The highest BCUT2D eigenvalue weighted by Crippen LogP contribution is 2.36. The lowest BCUT2D eigenvalue weighted by Gasteiger charge is -2.31. The van der Waals surface area contributed by atoms with Gasteiger partial charge in [0.2, 0.25) is 0 Å². The second-order valence-electron chi connectivity index (χ2n) is 4.80. The van der Waals surface area contributed by atoms with Gasteiger partial charge >= 0.3 is 5.97 Å². The number of benzene rings is 1. The number of carboxylic acids is 1. The molecular weight excluding hydrogens is 252 g/mol. The van der Waals surface area contributed by atoms with E-state index < -0.39 is 11.4 Å². The van der Waals surface area contributed by atoms with E-state index in [1.165, 1.54) is 0 Å². The van der Waals surface area contributed by atoms with Crippen molar-refractivity contribution >= 4 is 5.97 Å². The van der Waals surface area contributed by atoms with Crippen LogP contribution in [0.2, 0.25) is 0 Å². The maximum Gasteiger partial charge on any atom is 0.303 e. The summed E-state index contributed by atoms with van der Waals surface area (Å²) in [6, 6.07) is 11.8. The highest BCUT2D eigenvalue weighted by atomic mass is 16.4. The minimum Gasteiger partial charge on any atom is -0.481 e. The first-order valence-electron chi connectivity index (χ1n) is 6.75. The van der Waals surface area contributed by atoms with Crippen LogP contribution in [0.1, 0.15) is 32.3 Å². The molecule has 110 valence electrons. The van der Waals surface area contributed by atoms with Gasteiger partial charge in [-0.1, -0.05) is 44.2 Å². The first kappa shape index (κ1) is 18.1. The lowest BCUT2D eigenvalue weighted by atomic mass is 9.69. The molecule has 0 aliphatic rings. The third-order valence-electron chi connectivity index (χ3n) is 3.37. The van der Waals surface area contributed by atoms with Crippen LogP contribution in [0.3, 0.4) is 0 Å². The van der Waals surface area contributed by atoms with Gasteiger partial charge in [0.05, 0.1) is 11.5 Å². The molecule has 0 heterocycles. The SMILES string of the molecule is CCC(C#N)(c1ccccc1)C(C)CC(=O)O.CNC. The van der Waals surface area contributed by atoms with E-state index in [1.807, 2.05) is 58.3 Å². The van der Waals surface area contributed by atoms with Crippen molar-refractivity contribution in [3.8, 4) is 6.07 Å². The average Bonchev–Trinajstić information content (AvgIpc) is 2.42. The third kappa shape index (κ3) is 4.67. The van der Waals surface area contributed by atoms with Crippen LogP contribution in [0.25, 0.3) is 0 Å². The van der Waals surface area contributed by atoms with Crippen LogP contribution in [0.5, 0.6) is 0 Å². The van der Waals surface area contributed by atoms with Gasteiger partial charge in [-0.05, 0) is 32.0 Å². The molecule has 0 fully saturated rings. The summed E-state index contributed by atoms with van der Waals surface area (Å²) in [4.78, 5) is 10.8. The number of carbonyl (C=O) groups is 1. The van der Waals surface area contributed by atoms with Crippen molar-refractivity contribution < 1.29 is 9.90 Å². The van der Waals surface area contributed by atoms with Gasteiger partial charge in [-0.15, -0.1) is 0 Å². The number of carboxylic acid groups (broad SMARTS) is 1. The van der Waals surface area contributed by atoms with E-state index in [0.717, 1.165) is 5.56 Å². The van der Waals surface area contributed by atoms with Crippen molar-refractivity contribution in [2.24, 2.45) is 5.92 Å². The molecule has 2 atom stereocenters. The second-order valence-corrected chi connectivity index (χ2v) is 4.80. The summed E-state index contributed by atoms with van der Waals surface area (Å²) in [5.41, 5.74) is 0.193. The Morgan fingerprint density at radius 3 is 2.25 bits per heavy atom. The summed E-state index contributed by atoms with van der Waals surface area (Å²) in [5.74, 6) is -1.07. The molecule has 0 radical (unpaired) electrons. The van der Waals surface area contributed by atoms with E-state index in [0.29, 0.717) is 6.42 Å². The molecule has 2 unspecified atom stereocenters. The predicted octanol–water partition coefficient (Wildman–Crippen LogP) is 2.80. The van der Waals surface area contributed by atoms with Crippen molar-refractivity contribution in [3.05, 3.63) is 35.9 Å². The van der Waals surface area contributed by atoms with Crippen molar-refractivity contribution in [2.75, 3.05) is 14.1 Å².